The molecule has 51 heavy (non-hydrogen) atoms. The fourth-order valence-electron chi connectivity index (χ4n) is 9.25. The number of fused-ring (bicyclic) bond motifs is 5. The minimum atomic E-state index is -1.12. The molecule has 2 aromatic rings. The number of ether oxygens (including phenoxy) is 2. The van der Waals surface area contributed by atoms with Crippen LogP contribution in [0, 0.1) is 49.7 Å². The Morgan fingerprint density at radius 2 is 1.14 bits per heavy atom. The van der Waals surface area contributed by atoms with E-state index in [1.807, 2.05) is 0 Å². The lowest BCUT2D eigenvalue weighted by molar-refractivity contribution is -0.866. The maximum atomic E-state index is 9.28. The quantitative estimate of drug-likeness (QED) is 0.113. The average Bonchev–Trinajstić information content (AvgIpc) is 3.39. The summed E-state index contributed by atoms with van der Waals surface area (Å²) in [6.45, 7) is 24.6. The van der Waals surface area contributed by atoms with Gasteiger partial charge < -0.3 is 19.2 Å². The van der Waals surface area contributed by atoms with Crippen LogP contribution in [-0.2, 0) is 10.8 Å². The van der Waals surface area contributed by atoms with E-state index in [2.05, 4.69) is 95.4 Å². The molecule has 0 radical (unpaired) electrons. The summed E-state index contributed by atoms with van der Waals surface area (Å²) in [5, 5.41) is 18.6. The molecule has 0 aromatic heterocycles. The summed E-state index contributed by atoms with van der Waals surface area (Å²) in [6, 6.07) is 13.1. The molecular formula is C43H52N6O2+2. The molecule has 3 aliphatic heterocycles. The first-order chi connectivity index (χ1) is 24.6. The van der Waals surface area contributed by atoms with Crippen LogP contribution in [-0.4, -0.2) is 52.8 Å². The minimum Gasteiger partial charge on any atom is -0.340 e. The molecule has 0 bridgehead atoms. The number of benzene rings is 2. The highest BCUT2D eigenvalue weighted by atomic mass is 16.7. The third kappa shape index (κ3) is 6.75. The number of hydrogen-bond donors (Lipinski definition) is 0. The topological polar surface area (TPSA) is 80.8 Å². The first kappa shape index (κ1) is 36.1. The standard InChI is InChI=1S/C43H52N6O2/c1-31-25-35(41(3,17-9-11-21-44)18-10-12-22-45)27-33-29-48-37-15-7-8-16-38(37)49-30-34-28-36(42(4,19-13-23-46-5)20-14-24-47-6)26-32(2)40(34)51-43(48,49)50-39(31)33/h25-30,37-38H,7-20,23-24H2,1-4H3/q+2. The number of nitriles is 2. The normalized spacial score (nSPS) is 21.3. The average molecular weight is 685 g/mol. The first-order valence-electron chi connectivity index (χ1n) is 19.0. The Labute approximate surface area is 304 Å². The zero-order chi connectivity index (χ0) is 36.2. The molecule has 3 heterocycles. The zero-order valence-electron chi connectivity index (χ0n) is 30.9. The Morgan fingerprint density at radius 3 is 1.53 bits per heavy atom. The molecule has 2 fully saturated rings. The predicted octanol–water partition coefficient (Wildman–Crippen LogP) is 8.89. The third-order valence-corrected chi connectivity index (χ3v) is 12.1. The van der Waals surface area contributed by atoms with Crippen molar-refractivity contribution >= 4 is 12.4 Å². The molecule has 6 rings (SSSR count). The van der Waals surface area contributed by atoms with Gasteiger partial charge in [0.2, 0.25) is 25.2 Å². The van der Waals surface area contributed by atoms with Crippen LogP contribution in [0.15, 0.2) is 24.3 Å². The van der Waals surface area contributed by atoms with Gasteiger partial charge >= 0.3 is 6.03 Å². The van der Waals surface area contributed by atoms with Crippen molar-refractivity contribution in [2.24, 2.45) is 0 Å². The van der Waals surface area contributed by atoms with E-state index in [1.165, 1.54) is 24.0 Å². The minimum absolute atomic E-state index is 0.136. The molecule has 8 heteroatoms. The fourth-order valence-corrected chi connectivity index (χ4v) is 9.25. The molecular weight excluding hydrogens is 633 g/mol. The Morgan fingerprint density at radius 1 is 0.725 bits per heavy atom. The lowest BCUT2D eigenvalue weighted by Gasteiger charge is -2.34. The van der Waals surface area contributed by atoms with E-state index < -0.39 is 6.03 Å². The van der Waals surface area contributed by atoms with E-state index in [0.29, 0.717) is 25.9 Å². The van der Waals surface area contributed by atoms with E-state index in [1.54, 1.807) is 0 Å². The van der Waals surface area contributed by atoms with Gasteiger partial charge in [0.25, 0.3) is 0 Å². The fraction of sp³-hybridized carbons (Fsp3) is 0.581. The van der Waals surface area contributed by atoms with Crippen LogP contribution in [0.1, 0.15) is 137 Å². The second-order valence-electron chi connectivity index (χ2n) is 15.8. The van der Waals surface area contributed by atoms with Crippen LogP contribution in [0.4, 0.5) is 0 Å². The van der Waals surface area contributed by atoms with Gasteiger partial charge in [-0.1, -0.05) is 35.1 Å². The highest BCUT2D eigenvalue weighted by Crippen LogP contribution is 2.48. The summed E-state index contributed by atoms with van der Waals surface area (Å²) in [5.41, 5.74) is 6.45. The highest BCUT2D eigenvalue weighted by Gasteiger charge is 2.76. The first-order valence-corrected chi connectivity index (χ1v) is 19.0. The van der Waals surface area contributed by atoms with Gasteiger partial charge in [-0.15, -0.1) is 0 Å². The van der Waals surface area contributed by atoms with Gasteiger partial charge in [0.15, 0.2) is 23.9 Å². The molecule has 0 amide bonds. The van der Waals surface area contributed by atoms with Crippen molar-refractivity contribution in [2.75, 3.05) is 13.1 Å². The van der Waals surface area contributed by atoms with E-state index in [4.69, 9.17) is 22.6 Å². The van der Waals surface area contributed by atoms with E-state index in [9.17, 15) is 10.5 Å². The van der Waals surface area contributed by atoms with Crippen LogP contribution in [0.3, 0.4) is 0 Å². The van der Waals surface area contributed by atoms with E-state index >= 15 is 0 Å². The van der Waals surface area contributed by atoms with Crippen LogP contribution in [0.5, 0.6) is 11.5 Å². The summed E-state index contributed by atoms with van der Waals surface area (Å²) in [7, 11) is 0. The van der Waals surface area contributed by atoms with Crippen molar-refractivity contribution in [3.05, 3.63) is 80.5 Å². The van der Waals surface area contributed by atoms with Gasteiger partial charge in [0.1, 0.15) is 0 Å². The molecule has 0 N–H and O–H groups in total. The largest absolute Gasteiger partial charge is 0.704 e. The van der Waals surface area contributed by atoms with Crippen LogP contribution >= 0.6 is 0 Å². The van der Waals surface area contributed by atoms with Crippen molar-refractivity contribution in [2.45, 2.75) is 147 Å². The molecule has 4 aliphatic rings. The van der Waals surface area contributed by atoms with Gasteiger partial charge in [0.05, 0.1) is 23.3 Å². The summed E-state index contributed by atoms with van der Waals surface area (Å²) in [5.74, 6) is 1.69. The smallest absolute Gasteiger partial charge is 0.340 e. The monoisotopic (exact) mass is 684 g/mol. The van der Waals surface area contributed by atoms with Crippen molar-refractivity contribution in [1.29, 1.82) is 10.5 Å². The number of hydrogen-bond acceptors (Lipinski definition) is 4. The number of unbranched alkanes of at least 4 members (excludes halogenated alkanes) is 2. The molecule has 3 unspecified atom stereocenters. The lowest BCUT2D eigenvalue weighted by atomic mass is 9.73. The molecule has 1 spiro atoms. The summed E-state index contributed by atoms with van der Waals surface area (Å²) in [4.78, 5) is 7.25. The van der Waals surface area contributed by atoms with Crippen molar-refractivity contribution < 1.29 is 18.6 Å². The number of nitrogens with zero attached hydrogens (tertiary/aromatic N) is 6. The highest BCUT2D eigenvalue weighted by molar-refractivity contribution is 5.84. The van der Waals surface area contributed by atoms with Gasteiger partial charge in [-0.25, -0.2) is 13.1 Å². The molecule has 1 saturated heterocycles. The van der Waals surface area contributed by atoms with E-state index in [0.717, 1.165) is 98.0 Å². The van der Waals surface area contributed by atoms with Gasteiger partial charge in [-0.05, 0) is 110 Å². The second kappa shape index (κ2) is 14.9. The van der Waals surface area contributed by atoms with E-state index in [-0.39, 0.29) is 22.9 Å². The molecule has 264 valence electrons. The SMILES string of the molecule is [C-]#[N+]CCCC(C)(CCC[N+]#[C-])c1cc(C)c2c(c1)C=[N+]1C3CCCCC3[N+]3=Cc4cc(C(C)(CCCC#N)CCCC#N)cc(C)c4OC31O2. The Balaban J connectivity index is 1.42. The van der Waals surface area contributed by atoms with Gasteiger partial charge in [0, 0.05) is 38.5 Å². The molecule has 8 nitrogen and oxygen atoms in total. The number of rotatable bonds is 14. The maximum absolute atomic E-state index is 9.28. The van der Waals surface area contributed by atoms with Crippen molar-refractivity contribution in [3.63, 3.8) is 0 Å². The molecule has 3 atom stereocenters. The maximum Gasteiger partial charge on any atom is 0.704 e. The zero-order valence-corrected chi connectivity index (χ0v) is 30.9. The van der Waals surface area contributed by atoms with Crippen molar-refractivity contribution in [1.82, 2.24) is 0 Å². The molecule has 2 aromatic carbocycles. The number of aryl methyl sites for hydroxylation is 2. The van der Waals surface area contributed by atoms with Crippen molar-refractivity contribution in [3.8, 4) is 23.6 Å². The van der Waals surface area contributed by atoms with Crippen LogP contribution < -0.4 is 9.47 Å². The Kier molecular flexibility index (Phi) is 10.6. The third-order valence-electron chi connectivity index (χ3n) is 12.1. The van der Waals surface area contributed by atoms with Gasteiger partial charge in [-0.2, -0.15) is 10.5 Å². The van der Waals surface area contributed by atoms with Gasteiger partial charge in [-0.3, -0.25) is 0 Å². The predicted molar refractivity (Wildman–Crippen MR) is 198 cm³/mol. The Hall–Kier alpha value is -4.66. The summed E-state index contributed by atoms with van der Waals surface area (Å²) in [6.07, 6.45) is 17.0. The lowest BCUT2D eigenvalue weighted by Crippen LogP contribution is -2.60. The van der Waals surface area contributed by atoms with Crippen LogP contribution in [0.2, 0.25) is 0 Å². The second-order valence-corrected chi connectivity index (χ2v) is 15.8. The molecule has 1 saturated carbocycles. The Bertz CT molecular complexity index is 1720. The molecule has 1 aliphatic carbocycles. The summed E-state index contributed by atoms with van der Waals surface area (Å²) >= 11 is 0. The summed E-state index contributed by atoms with van der Waals surface area (Å²) < 4.78 is 19.1. The van der Waals surface area contributed by atoms with Crippen LogP contribution in [0.25, 0.3) is 9.69 Å².